The van der Waals surface area contributed by atoms with Crippen LogP contribution in [0.3, 0.4) is 0 Å². The molecule has 10 aromatic carbocycles. The second kappa shape index (κ2) is 30.8. The van der Waals surface area contributed by atoms with Gasteiger partial charge in [0.1, 0.15) is 0 Å². The number of halogens is 2. The summed E-state index contributed by atoms with van der Waals surface area (Å²) in [5.74, 6) is 0. The molecule has 13 aromatic rings. The molecule has 13 rings (SSSR count). The van der Waals surface area contributed by atoms with Gasteiger partial charge in [-0.1, -0.05) is 248 Å². The van der Waals surface area contributed by atoms with Crippen LogP contribution >= 0.6 is 31.9 Å². The summed E-state index contributed by atoms with van der Waals surface area (Å²) in [5.41, 5.74) is 28.4. The molecule has 3 heterocycles. The number of hydrogen-bond donors (Lipinski definition) is 0. The number of nitrogens with zero attached hydrogens (tertiary/aromatic N) is 3. The molecular weight excluding hydrogens is 1490 g/mol. The number of rotatable bonds is 10. The van der Waals surface area contributed by atoms with Crippen LogP contribution in [0.25, 0.3) is 112 Å². The van der Waals surface area contributed by atoms with Gasteiger partial charge in [-0.3, -0.25) is 0 Å². The van der Waals surface area contributed by atoms with Crippen LogP contribution in [0.1, 0.15) is 105 Å². The minimum atomic E-state index is 0. The van der Waals surface area contributed by atoms with E-state index in [4.69, 9.17) is 0 Å². The van der Waals surface area contributed by atoms with Gasteiger partial charge in [0.15, 0.2) is 0 Å². The fourth-order valence-corrected chi connectivity index (χ4v) is 12.9. The number of aromatic nitrogens is 3. The van der Waals surface area contributed by atoms with E-state index < -0.39 is 0 Å². The van der Waals surface area contributed by atoms with Gasteiger partial charge in [-0.25, -0.2) is 0 Å². The zero-order chi connectivity index (χ0) is 67.8. The Bertz CT molecular complexity index is 4340. The van der Waals surface area contributed by atoms with Gasteiger partial charge in [-0.15, -0.1) is 106 Å². The SMILES string of the molecule is Brc1cc(Br)cc(-c2cc[c-]c(-c3ccccn3)c2)c1.CC(C)(C)c1ccc(-c2cc(-c3ccc(C(C)(C)C)cc3)cc(-c3cc[c-]c(-c4ccccn4)c3)c2)cc1.CC(C)(C)c1ccc(-c2cc(-c3ccc(C(C)(C)C)cc3)cc(-c3cc[c-]c(-c4ccccn4)c3)c2)cc1.[Ir+3]. The smallest absolute Gasteiger partial charge is 0.305 e. The maximum Gasteiger partial charge on any atom is 3.00 e. The summed E-state index contributed by atoms with van der Waals surface area (Å²) in [6.07, 6.45) is 5.46. The molecule has 97 heavy (non-hydrogen) atoms. The van der Waals surface area contributed by atoms with Crippen LogP contribution in [-0.4, -0.2) is 15.0 Å². The molecule has 0 bridgehead atoms. The van der Waals surface area contributed by atoms with E-state index in [0.717, 1.165) is 65.0 Å². The molecular formula is C91H82Br2IrN3. The summed E-state index contributed by atoms with van der Waals surface area (Å²) < 4.78 is 2.10. The summed E-state index contributed by atoms with van der Waals surface area (Å²) in [6.45, 7) is 27.1. The van der Waals surface area contributed by atoms with Crippen molar-refractivity contribution in [1.82, 2.24) is 15.0 Å². The average molecular weight is 1570 g/mol. The Balaban J connectivity index is 0.000000165. The van der Waals surface area contributed by atoms with Gasteiger partial charge < -0.3 is 15.0 Å². The third-order valence-electron chi connectivity index (χ3n) is 17.3. The second-order valence-electron chi connectivity index (χ2n) is 28.7. The van der Waals surface area contributed by atoms with Crippen LogP contribution in [-0.2, 0) is 41.8 Å². The van der Waals surface area contributed by atoms with Crippen LogP contribution in [0, 0.1) is 18.2 Å². The topological polar surface area (TPSA) is 38.7 Å². The zero-order valence-corrected chi connectivity index (χ0v) is 63.1. The molecule has 3 nitrogen and oxygen atoms in total. The van der Waals surface area contributed by atoms with E-state index in [-0.39, 0.29) is 41.8 Å². The van der Waals surface area contributed by atoms with Crippen LogP contribution in [0.5, 0.6) is 0 Å². The molecule has 0 saturated heterocycles. The fraction of sp³-hybridized carbons (Fsp3) is 0.176. The minimum Gasteiger partial charge on any atom is -0.305 e. The maximum absolute atomic E-state index is 4.54. The van der Waals surface area contributed by atoms with Crippen molar-refractivity contribution < 1.29 is 20.1 Å². The van der Waals surface area contributed by atoms with E-state index in [1.54, 1.807) is 6.20 Å². The number of pyridine rings is 3. The standard InChI is InChI=1S/2C37H36N.C17H10Br2N.Ir/c2*1-36(2,3)33-17-13-26(14-18-33)30-23-31(27-15-19-34(20-16-27)37(4,5)6)25-32(24-30)28-10-9-11-29(22-28)35-12-7-8-21-38-35;18-15-9-14(10-16(19)11-15)12-4-3-5-13(8-12)17-6-1-2-7-20-17;/h2*7-10,12-25H,1-6H3;1-4,6-11H;/q3*-1;+3. The first-order chi connectivity index (χ1) is 45.9. The van der Waals surface area contributed by atoms with Crippen molar-refractivity contribution in [2.24, 2.45) is 0 Å². The molecule has 3 aromatic heterocycles. The fourth-order valence-electron chi connectivity index (χ4n) is 11.6. The Labute approximate surface area is 607 Å². The Kier molecular flexibility index (Phi) is 22.5. The molecule has 6 heteroatoms. The van der Waals surface area contributed by atoms with Gasteiger partial charge in [0.25, 0.3) is 0 Å². The van der Waals surface area contributed by atoms with E-state index in [1.807, 2.05) is 91.3 Å². The van der Waals surface area contributed by atoms with E-state index in [9.17, 15) is 0 Å². The van der Waals surface area contributed by atoms with Crippen LogP contribution in [0.15, 0.2) is 288 Å². The summed E-state index contributed by atoms with van der Waals surface area (Å²) in [7, 11) is 0. The largest absolute Gasteiger partial charge is 3.00 e. The van der Waals surface area contributed by atoms with Crippen molar-refractivity contribution in [3.8, 4) is 112 Å². The van der Waals surface area contributed by atoms with Gasteiger partial charge in [-0.2, -0.15) is 0 Å². The molecule has 0 aliphatic heterocycles. The summed E-state index contributed by atoms with van der Waals surface area (Å²) in [5, 5.41) is 0. The number of benzene rings is 10. The molecule has 0 atom stereocenters. The Morgan fingerprint density at radius 2 is 0.464 bits per heavy atom. The third kappa shape index (κ3) is 18.5. The number of hydrogen-bond acceptors (Lipinski definition) is 3. The van der Waals surface area contributed by atoms with Crippen molar-refractivity contribution in [1.29, 1.82) is 0 Å². The molecule has 0 aliphatic rings. The quantitative estimate of drug-likeness (QED) is 0.128. The molecule has 484 valence electrons. The summed E-state index contributed by atoms with van der Waals surface area (Å²) in [6, 6.07) is 103. The van der Waals surface area contributed by atoms with Gasteiger partial charge in [0.2, 0.25) is 0 Å². The van der Waals surface area contributed by atoms with Crippen molar-refractivity contribution >= 4 is 31.9 Å². The van der Waals surface area contributed by atoms with Crippen molar-refractivity contribution in [2.75, 3.05) is 0 Å². The second-order valence-corrected chi connectivity index (χ2v) is 30.5. The zero-order valence-electron chi connectivity index (χ0n) is 57.5. The molecule has 0 unspecified atom stereocenters. The van der Waals surface area contributed by atoms with Crippen molar-refractivity contribution in [2.45, 2.75) is 105 Å². The predicted octanol–water partition coefficient (Wildman–Crippen LogP) is 26.0. The molecule has 0 fully saturated rings. The van der Waals surface area contributed by atoms with Gasteiger partial charge in [0.05, 0.1) is 0 Å². The first kappa shape index (κ1) is 71.0. The maximum atomic E-state index is 4.54. The van der Waals surface area contributed by atoms with E-state index in [0.29, 0.717) is 0 Å². The van der Waals surface area contributed by atoms with Gasteiger partial charge >= 0.3 is 20.1 Å². The van der Waals surface area contributed by atoms with Gasteiger partial charge in [-0.05, 0) is 195 Å². The van der Waals surface area contributed by atoms with Crippen molar-refractivity contribution in [3.63, 3.8) is 0 Å². The Morgan fingerprint density at radius 3 is 0.680 bits per heavy atom. The van der Waals surface area contributed by atoms with E-state index in [2.05, 4.69) is 330 Å². The Hall–Kier alpha value is -8.74. The first-order valence-electron chi connectivity index (χ1n) is 32.9. The summed E-state index contributed by atoms with van der Waals surface area (Å²) >= 11 is 7.05. The molecule has 0 amide bonds. The molecule has 0 aliphatic carbocycles. The minimum absolute atomic E-state index is 0. The molecule has 0 N–H and O–H groups in total. The van der Waals surface area contributed by atoms with Crippen LogP contribution in [0.4, 0.5) is 0 Å². The molecule has 0 radical (unpaired) electrons. The summed E-state index contributed by atoms with van der Waals surface area (Å²) in [4.78, 5) is 13.4. The first-order valence-corrected chi connectivity index (χ1v) is 34.5. The Morgan fingerprint density at radius 1 is 0.237 bits per heavy atom. The average Bonchev–Trinajstić information content (AvgIpc) is 0.811. The monoisotopic (exact) mass is 1570 g/mol. The van der Waals surface area contributed by atoms with Gasteiger partial charge in [0, 0.05) is 27.5 Å². The van der Waals surface area contributed by atoms with Crippen LogP contribution < -0.4 is 0 Å². The molecule has 0 spiro atoms. The molecule has 0 saturated carbocycles. The van der Waals surface area contributed by atoms with Crippen molar-refractivity contribution in [3.05, 3.63) is 329 Å². The van der Waals surface area contributed by atoms with E-state index >= 15 is 0 Å². The third-order valence-corrected chi connectivity index (χ3v) is 18.2. The predicted molar refractivity (Wildman–Crippen MR) is 414 cm³/mol. The van der Waals surface area contributed by atoms with Crippen LogP contribution in [0.2, 0.25) is 0 Å². The normalized spacial score (nSPS) is 11.5. The van der Waals surface area contributed by atoms with E-state index in [1.165, 1.54) is 77.9 Å².